The van der Waals surface area contributed by atoms with Crippen LogP contribution >= 0.6 is 22.7 Å². The predicted molar refractivity (Wildman–Crippen MR) is 60.9 cm³/mol. The van der Waals surface area contributed by atoms with Crippen LogP contribution in [0.25, 0.3) is 0 Å². The van der Waals surface area contributed by atoms with E-state index in [0.717, 1.165) is 0 Å². The first kappa shape index (κ1) is 8.23. The molecule has 2 heterocycles. The van der Waals surface area contributed by atoms with Crippen molar-refractivity contribution in [3.05, 3.63) is 35.0 Å². The molecule has 0 aromatic carbocycles. The van der Waals surface area contributed by atoms with E-state index in [1.807, 2.05) is 22.7 Å². The van der Waals surface area contributed by atoms with Crippen molar-refractivity contribution in [1.29, 1.82) is 0 Å². The van der Waals surface area contributed by atoms with Crippen molar-refractivity contribution < 1.29 is 0 Å². The minimum Gasteiger partial charge on any atom is -0.153 e. The summed E-state index contributed by atoms with van der Waals surface area (Å²) in [6, 6.07) is 8.83. The highest BCUT2D eigenvalue weighted by Crippen LogP contribution is 2.01. The van der Waals surface area contributed by atoms with Crippen LogP contribution in [0.4, 0.5) is 0 Å². The summed E-state index contributed by atoms with van der Waals surface area (Å²) < 4.78 is 3.19. The molecule has 0 saturated heterocycles. The second kappa shape index (κ2) is 3.56. The van der Waals surface area contributed by atoms with Crippen molar-refractivity contribution in [2.75, 3.05) is 0 Å². The Morgan fingerprint density at radius 1 is 1.00 bits per heavy atom. The van der Waals surface area contributed by atoms with E-state index < -0.39 is 8.80 Å². The lowest BCUT2D eigenvalue weighted by molar-refractivity contribution is 2.00. The molecule has 0 nitrogen and oxygen atoms in total. The largest absolute Gasteiger partial charge is 0.153 e. The number of thiophene rings is 2. The molecule has 0 bridgehead atoms. The Morgan fingerprint density at radius 3 is 1.83 bits per heavy atom. The third-order valence-electron chi connectivity index (χ3n) is 1.94. The molecule has 0 spiro atoms. The van der Waals surface area contributed by atoms with E-state index in [9.17, 15) is 0 Å². The quantitative estimate of drug-likeness (QED) is 0.663. The third-order valence-corrected chi connectivity index (χ3v) is 8.37. The fraction of sp³-hybridized carbons (Fsp3) is 0.111. The van der Waals surface area contributed by atoms with Crippen molar-refractivity contribution >= 4 is 40.5 Å². The molecule has 0 aliphatic rings. The Kier molecular flexibility index (Phi) is 2.44. The first-order valence-electron chi connectivity index (χ1n) is 3.95. The lowest BCUT2D eigenvalue weighted by Crippen LogP contribution is -2.34. The summed E-state index contributed by atoms with van der Waals surface area (Å²) in [6.07, 6.45) is 0. The third kappa shape index (κ3) is 1.53. The maximum atomic E-state index is 2.40. The van der Waals surface area contributed by atoms with Crippen LogP contribution in [0.1, 0.15) is 0 Å². The average Bonchev–Trinajstić information content (AvgIpc) is 2.77. The first-order valence-corrected chi connectivity index (χ1v) is 8.01. The van der Waals surface area contributed by atoms with E-state index in [2.05, 4.69) is 41.6 Å². The highest BCUT2D eigenvalue weighted by Gasteiger charge is 2.11. The van der Waals surface area contributed by atoms with E-state index in [0.29, 0.717) is 0 Å². The Balaban J connectivity index is 2.27. The Morgan fingerprint density at radius 2 is 1.50 bits per heavy atom. The van der Waals surface area contributed by atoms with Crippen LogP contribution in [-0.4, -0.2) is 8.80 Å². The molecule has 2 aromatic rings. The Hall–Kier alpha value is -0.383. The van der Waals surface area contributed by atoms with Gasteiger partial charge in [-0.1, -0.05) is 30.8 Å². The molecule has 0 atom stereocenters. The van der Waals surface area contributed by atoms with Crippen molar-refractivity contribution in [3.8, 4) is 0 Å². The average molecular weight is 210 g/mol. The van der Waals surface area contributed by atoms with Crippen LogP contribution in [-0.2, 0) is 0 Å². The molecule has 0 unspecified atom stereocenters. The second-order valence-electron chi connectivity index (χ2n) is 2.75. The lowest BCUT2D eigenvalue weighted by atomic mass is 10.7. The first-order chi connectivity index (χ1) is 5.88. The second-order valence-corrected chi connectivity index (χ2v) is 8.24. The molecule has 0 amide bonds. The number of hydrogen-bond donors (Lipinski definition) is 0. The zero-order valence-corrected chi connectivity index (χ0v) is 9.65. The predicted octanol–water partition coefficient (Wildman–Crippen LogP) is 1.78. The summed E-state index contributed by atoms with van der Waals surface area (Å²) >= 11 is 3.80. The molecule has 2 rings (SSSR count). The minimum atomic E-state index is -0.784. The molecule has 0 aliphatic heterocycles. The molecule has 0 fully saturated rings. The summed E-state index contributed by atoms with van der Waals surface area (Å²) in [4.78, 5) is 0. The van der Waals surface area contributed by atoms with Crippen LogP contribution in [0.3, 0.4) is 0 Å². The molecular formula is C9H10S2Si. The Bertz CT molecular complexity index is 289. The van der Waals surface area contributed by atoms with Gasteiger partial charge in [-0.2, -0.15) is 22.7 Å². The molecule has 3 heteroatoms. The summed E-state index contributed by atoms with van der Waals surface area (Å²) in [7, 11) is -0.784. The zero-order chi connectivity index (χ0) is 8.39. The summed E-state index contributed by atoms with van der Waals surface area (Å²) in [5.41, 5.74) is 0. The van der Waals surface area contributed by atoms with Gasteiger partial charge in [0.05, 0.1) is 0 Å². The zero-order valence-electron chi connectivity index (χ0n) is 6.86. The van der Waals surface area contributed by atoms with Crippen molar-refractivity contribution in [2.24, 2.45) is 0 Å². The van der Waals surface area contributed by atoms with Gasteiger partial charge in [-0.25, -0.2) is 0 Å². The van der Waals surface area contributed by atoms with Gasteiger partial charge in [0.15, 0.2) is 0 Å². The van der Waals surface area contributed by atoms with Gasteiger partial charge in [-0.05, 0) is 19.8 Å². The van der Waals surface area contributed by atoms with Gasteiger partial charge in [0.2, 0.25) is 0 Å². The van der Waals surface area contributed by atoms with Crippen molar-refractivity contribution in [2.45, 2.75) is 6.55 Å². The topological polar surface area (TPSA) is 0 Å². The van der Waals surface area contributed by atoms with Gasteiger partial charge in [0, 0.05) is 0 Å². The highest BCUT2D eigenvalue weighted by atomic mass is 32.1. The van der Waals surface area contributed by atoms with E-state index in [-0.39, 0.29) is 0 Å². The normalized spacial score (nSPS) is 10.8. The van der Waals surface area contributed by atoms with Gasteiger partial charge < -0.3 is 0 Å². The van der Waals surface area contributed by atoms with E-state index in [1.165, 1.54) is 0 Å². The van der Waals surface area contributed by atoms with Crippen LogP contribution in [0.5, 0.6) is 0 Å². The molecular weight excluding hydrogens is 200 g/mol. The van der Waals surface area contributed by atoms with Gasteiger partial charge in [-0.3, -0.25) is 0 Å². The van der Waals surface area contributed by atoms with Crippen LogP contribution in [0.2, 0.25) is 6.55 Å². The van der Waals surface area contributed by atoms with Gasteiger partial charge in [0.25, 0.3) is 0 Å². The molecule has 62 valence electrons. The van der Waals surface area contributed by atoms with Crippen LogP contribution in [0.15, 0.2) is 35.0 Å². The minimum absolute atomic E-state index is 0.784. The molecule has 12 heavy (non-hydrogen) atoms. The lowest BCUT2D eigenvalue weighted by Gasteiger charge is -2.02. The van der Waals surface area contributed by atoms with Gasteiger partial charge in [0.1, 0.15) is 8.80 Å². The van der Waals surface area contributed by atoms with E-state index in [4.69, 9.17) is 0 Å². The highest BCUT2D eigenvalue weighted by molar-refractivity contribution is 7.30. The SMILES string of the molecule is C[SiH](c1cccs1)c1cccs1. The molecule has 0 N–H and O–H groups in total. The fourth-order valence-corrected chi connectivity index (χ4v) is 6.33. The van der Waals surface area contributed by atoms with Crippen molar-refractivity contribution in [3.63, 3.8) is 0 Å². The van der Waals surface area contributed by atoms with Gasteiger partial charge in [-0.15, -0.1) is 0 Å². The molecule has 2 aromatic heterocycles. The maximum absolute atomic E-state index is 2.40. The fourth-order valence-electron chi connectivity index (χ4n) is 1.22. The van der Waals surface area contributed by atoms with Crippen LogP contribution in [0, 0.1) is 0 Å². The summed E-state index contributed by atoms with van der Waals surface area (Å²) in [5.74, 6) is 0. The molecule has 0 saturated carbocycles. The standard InChI is InChI=1S/C9H10S2Si/c1-12(8-4-2-6-10-8)9-5-3-7-11-9/h2-7,12H,1H3. The molecule has 0 radical (unpaired) electrons. The van der Waals surface area contributed by atoms with Crippen LogP contribution < -0.4 is 9.00 Å². The number of rotatable bonds is 2. The van der Waals surface area contributed by atoms with E-state index in [1.54, 1.807) is 9.00 Å². The molecule has 0 aliphatic carbocycles. The summed E-state index contributed by atoms with van der Waals surface area (Å²) in [6.45, 7) is 2.40. The van der Waals surface area contributed by atoms with E-state index >= 15 is 0 Å². The smallest absolute Gasteiger partial charge is 0.125 e. The summed E-state index contributed by atoms with van der Waals surface area (Å²) in [5, 5.41) is 4.35. The van der Waals surface area contributed by atoms with Crippen molar-refractivity contribution in [1.82, 2.24) is 0 Å². The monoisotopic (exact) mass is 210 g/mol. The number of hydrogen-bond acceptors (Lipinski definition) is 2. The van der Waals surface area contributed by atoms with Gasteiger partial charge >= 0.3 is 0 Å². The maximum Gasteiger partial charge on any atom is 0.125 e. The Labute approximate surface area is 82.1 Å².